The first kappa shape index (κ1) is 22.4. The summed E-state index contributed by atoms with van der Waals surface area (Å²) in [6, 6.07) is 12.3. The van der Waals surface area contributed by atoms with Gasteiger partial charge in [0.2, 0.25) is 5.91 Å². The molecule has 1 aliphatic heterocycles. The van der Waals surface area contributed by atoms with Crippen LogP contribution in [0.1, 0.15) is 51.9 Å². The Morgan fingerprint density at radius 3 is 2.30 bits per heavy atom. The van der Waals surface area contributed by atoms with E-state index in [2.05, 4.69) is 20.6 Å². The number of nitrogens with zero attached hydrogens (tertiary/aromatic N) is 3. The van der Waals surface area contributed by atoms with Gasteiger partial charge in [0.05, 0.1) is 22.4 Å². The molecular formula is C25H27N5O3. The van der Waals surface area contributed by atoms with Crippen molar-refractivity contribution in [1.29, 1.82) is 0 Å². The third-order valence-electron chi connectivity index (χ3n) is 5.88. The average molecular weight is 446 g/mol. The third kappa shape index (κ3) is 5.16. The van der Waals surface area contributed by atoms with Crippen LogP contribution in [0.25, 0.3) is 11.0 Å². The van der Waals surface area contributed by atoms with Gasteiger partial charge >= 0.3 is 0 Å². The number of carbonyl (C=O) groups is 3. The summed E-state index contributed by atoms with van der Waals surface area (Å²) >= 11 is 0. The molecule has 0 aliphatic carbocycles. The molecular weight excluding hydrogens is 418 g/mol. The smallest absolute Gasteiger partial charge is 0.253 e. The molecule has 8 heteroatoms. The SMILES string of the molecule is CC(=O)Nc1cccc(C(=O)N2CCC(NC(=O)c3ccc4nc(C)c(C)nc4c3)CC2)c1. The predicted molar refractivity (Wildman–Crippen MR) is 126 cm³/mol. The molecule has 33 heavy (non-hydrogen) atoms. The molecule has 1 aliphatic rings. The normalized spacial score (nSPS) is 14.2. The van der Waals surface area contributed by atoms with Crippen LogP contribution in [0.15, 0.2) is 42.5 Å². The lowest BCUT2D eigenvalue weighted by molar-refractivity contribution is -0.114. The molecule has 3 amide bonds. The second-order valence-corrected chi connectivity index (χ2v) is 8.40. The topological polar surface area (TPSA) is 104 Å². The molecule has 8 nitrogen and oxygen atoms in total. The molecule has 3 aromatic rings. The number of hydrogen-bond donors (Lipinski definition) is 2. The van der Waals surface area contributed by atoms with Crippen molar-refractivity contribution >= 4 is 34.4 Å². The van der Waals surface area contributed by atoms with Gasteiger partial charge in [-0.2, -0.15) is 0 Å². The van der Waals surface area contributed by atoms with Crippen LogP contribution in [0.4, 0.5) is 5.69 Å². The molecule has 1 fully saturated rings. The molecule has 1 saturated heterocycles. The fourth-order valence-electron chi connectivity index (χ4n) is 3.98. The van der Waals surface area contributed by atoms with Gasteiger partial charge in [0.25, 0.3) is 11.8 Å². The maximum Gasteiger partial charge on any atom is 0.253 e. The van der Waals surface area contributed by atoms with Gasteiger partial charge < -0.3 is 15.5 Å². The second-order valence-electron chi connectivity index (χ2n) is 8.40. The summed E-state index contributed by atoms with van der Waals surface area (Å²) < 4.78 is 0. The van der Waals surface area contributed by atoms with Crippen molar-refractivity contribution < 1.29 is 14.4 Å². The lowest BCUT2D eigenvalue weighted by Crippen LogP contribution is -2.46. The van der Waals surface area contributed by atoms with Crippen LogP contribution in [0.5, 0.6) is 0 Å². The summed E-state index contributed by atoms with van der Waals surface area (Å²) in [5.74, 6) is -0.407. The van der Waals surface area contributed by atoms with Crippen LogP contribution in [0.2, 0.25) is 0 Å². The minimum Gasteiger partial charge on any atom is -0.349 e. The quantitative estimate of drug-likeness (QED) is 0.642. The molecule has 2 heterocycles. The Morgan fingerprint density at radius 1 is 0.909 bits per heavy atom. The molecule has 2 aromatic carbocycles. The number of likely N-dealkylation sites (tertiary alicyclic amines) is 1. The number of nitrogens with one attached hydrogen (secondary N) is 2. The molecule has 0 spiro atoms. The first-order valence-electron chi connectivity index (χ1n) is 11.0. The van der Waals surface area contributed by atoms with Crippen molar-refractivity contribution in [2.45, 2.75) is 39.7 Å². The standard InChI is InChI=1S/C25H27N5O3/c1-15-16(2)27-23-14-18(7-8-22(23)26-15)24(32)29-20-9-11-30(12-10-20)25(33)19-5-4-6-21(13-19)28-17(3)31/h4-8,13-14,20H,9-12H2,1-3H3,(H,28,31)(H,29,32). The highest BCUT2D eigenvalue weighted by Crippen LogP contribution is 2.18. The molecule has 0 radical (unpaired) electrons. The van der Waals surface area contributed by atoms with Gasteiger partial charge in [-0.15, -0.1) is 0 Å². The number of rotatable bonds is 4. The van der Waals surface area contributed by atoms with Gasteiger partial charge in [0.15, 0.2) is 0 Å². The van der Waals surface area contributed by atoms with Crippen molar-refractivity contribution in [2.24, 2.45) is 0 Å². The van der Waals surface area contributed by atoms with E-state index in [0.717, 1.165) is 16.9 Å². The molecule has 0 unspecified atom stereocenters. The molecule has 0 saturated carbocycles. The van der Waals surface area contributed by atoms with Gasteiger partial charge in [-0.1, -0.05) is 6.07 Å². The van der Waals surface area contributed by atoms with Crippen molar-refractivity contribution in [1.82, 2.24) is 20.2 Å². The van der Waals surface area contributed by atoms with E-state index in [1.165, 1.54) is 6.92 Å². The summed E-state index contributed by atoms with van der Waals surface area (Å²) in [5, 5.41) is 5.78. The minimum atomic E-state index is -0.181. The number of amides is 3. The summed E-state index contributed by atoms with van der Waals surface area (Å²) in [4.78, 5) is 47.8. The predicted octanol–water partition coefficient (Wildman–Crippen LogP) is 3.24. The lowest BCUT2D eigenvalue weighted by Gasteiger charge is -2.32. The number of aromatic nitrogens is 2. The highest BCUT2D eigenvalue weighted by Gasteiger charge is 2.25. The number of aryl methyl sites for hydroxylation is 2. The molecule has 4 rings (SSSR count). The molecule has 0 bridgehead atoms. The molecule has 170 valence electrons. The minimum absolute atomic E-state index is 0.00574. The number of anilines is 1. The Bertz CT molecular complexity index is 1230. The first-order chi connectivity index (χ1) is 15.8. The van der Waals surface area contributed by atoms with Crippen LogP contribution < -0.4 is 10.6 Å². The zero-order chi connectivity index (χ0) is 23.5. The van der Waals surface area contributed by atoms with Crippen LogP contribution in [0, 0.1) is 13.8 Å². The second kappa shape index (κ2) is 9.36. The van der Waals surface area contributed by atoms with Crippen molar-refractivity contribution in [3.8, 4) is 0 Å². The number of piperidine rings is 1. The van der Waals surface area contributed by atoms with Crippen molar-refractivity contribution in [3.63, 3.8) is 0 Å². The highest BCUT2D eigenvalue weighted by molar-refractivity contribution is 5.98. The summed E-state index contributed by atoms with van der Waals surface area (Å²) in [7, 11) is 0. The van der Waals surface area contributed by atoms with Crippen LogP contribution >= 0.6 is 0 Å². The van der Waals surface area contributed by atoms with Crippen molar-refractivity contribution in [2.75, 3.05) is 18.4 Å². The van der Waals surface area contributed by atoms with E-state index in [4.69, 9.17) is 0 Å². The van der Waals surface area contributed by atoms with Gasteiger partial charge in [-0.05, 0) is 63.1 Å². The largest absolute Gasteiger partial charge is 0.349 e. The summed E-state index contributed by atoms with van der Waals surface area (Å²) in [6.45, 7) is 6.35. The molecule has 0 atom stereocenters. The summed E-state index contributed by atoms with van der Waals surface area (Å²) in [5.41, 5.74) is 4.88. The molecule has 1 aromatic heterocycles. The van der Waals surface area contributed by atoms with Crippen LogP contribution in [-0.4, -0.2) is 51.7 Å². The fraction of sp³-hybridized carbons (Fsp3) is 0.320. The third-order valence-corrected chi connectivity index (χ3v) is 5.88. The Morgan fingerprint density at radius 2 is 1.61 bits per heavy atom. The molecule has 2 N–H and O–H groups in total. The van der Waals surface area contributed by atoms with E-state index in [-0.39, 0.29) is 23.8 Å². The van der Waals surface area contributed by atoms with Gasteiger partial charge in [-0.25, -0.2) is 9.97 Å². The van der Waals surface area contributed by atoms with E-state index in [9.17, 15) is 14.4 Å². The van der Waals surface area contributed by atoms with Gasteiger partial charge in [0.1, 0.15) is 0 Å². The van der Waals surface area contributed by atoms with Crippen molar-refractivity contribution in [3.05, 3.63) is 65.0 Å². The maximum atomic E-state index is 12.9. The Hall–Kier alpha value is -3.81. The fourth-order valence-corrected chi connectivity index (χ4v) is 3.98. The summed E-state index contributed by atoms with van der Waals surface area (Å²) in [6.07, 6.45) is 1.35. The van der Waals surface area contributed by atoms with E-state index in [1.807, 2.05) is 19.9 Å². The Labute approximate surface area is 192 Å². The van der Waals surface area contributed by atoms with Crippen LogP contribution in [0.3, 0.4) is 0 Å². The monoisotopic (exact) mass is 445 g/mol. The average Bonchev–Trinajstić information content (AvgIpc) is 2.79. The number of hydrogen-bond acceptors (Lipinski definition) is 5. The van der Waals surface area contributed by atoms with E-state index < -0.39 is 0 Å². The Balaban J connectivity index is 1.36. The van der Waals surface area contributed by atoms with Gasteiger partial charge in [0, 0.05) is 42.9 Å². The lowest BCUT2D eigenvalue weighted by atomic mass is 10.0. The number of fused-ring (bicyclic) bond motifs is 1. The van der Waals surface area contributed by atoms with Crippen LogP contribution in [-0.2, 0) is 4.79 Å². The van der Waals surface area contributed by atoms with Gasteiger partial charge in [-0.3, -0.25) is 14.4 Å². The highest BCUT2D eigenvalue weighted by atomic mass is 16.2. The number of benzene rings is 2. The van der Waals surface area contributed by atoms with E-state index >= 15 is 0 Å². The number of carbonyl (C=O) groups excluding carboxylic acids is 3. The van der Waals surface area contributed by atoms with E-state index in [1.54, 1.807) is 41.3 Å². The maximum absolute atomic E-state index is 12.9. The zero-order valence-electron chi connectivity index (χ0n) is 19.0. The Kier molecular flexibility index (Phi) is 6.35. The van der Waals surface area contributed by atoms with E-state index in [0.29, 0.717) is 48.3 Å². The zero-order valence-corrected chi connectivity index (χ0v) is 19.0. The first-order valence-corrected chi connectivity index (χ1v) is 11.0.